The Morgan fingerprint density at radius 1 is 1.00 bits per heavy atom. The molecule has 0 atom stereocenters. The van der Waals surface area contributed by atoms with Crippen molar-refractivity contribution < 1.29 is 22.7 Å². The molecule has 0 amide bonds. The van der Waals surface area contributed by atoms with Crippen molar-refractivity contribution in [3.8, 4) is 22.8 Å². The number of aromatic nitrogens is 3. The summed E-state index contributed by atoms with van der Waals surface area (Å²) in [7, 11) is 0. The van der Waals surface area contributed by atoms with Crippen LogP contribution in [0, 0.1) is 0 Å². The first kappa shape index (κ1) is 28.2. The number of Topliss-reactive ketones (excluding diaryl/α,β-unsaturated/α-hetero) is 1. The first-order chi connectivity index (χ1) is 18.7. The van der Waals surface area contributed by atoms with Crippen molar-refractivity contribution >= 4 is 22.9 Å². The Bertz CT molecular complexity index is 1430. The summed E-state index contributed by atoms with van der Waals surface area (Å²) in [6.45, 7) is 2.11. The summed E-state index contributed by atoms with van der Waals surface area (Å²) < 4.78 is 42.5. The lowest BCUT2D eigenvalue weighted by Crippen LogP contribution is -2.17. The van der Waals surface area contributed by atoms with Crippen LogP contribution in [0.15, 0.2) is 79.1 Å². The second-order valence-corrected chi connectivity index (χ2v) is 9.74. The van der Waals surface area contributed by atoms with Crippen LogP contribution in [0.3, 0.4) is 0 Å². The molecule has 0 saturated heterocycles. The van der Waals surface area contributed by atoms with Crippen molar-refractivity contribution in [1.82, 2.24) is 14.8 Å². The summed E-state index contributed by atoms with van der Waals surface area (Å²) in [4.78, 5) is 17.6. The van der Waals surface area contributed by atoms with Crippen LogP contribution in [0.25, 0.3) is 17.1 Å². The van der Waals surface area contributed by atoms with Crippen LogP contribution in [0.5, 0.6) is 5.75 Å². The Labute approximate surface area is 230 Å². The molecule has 3 aromatic carbocycles. The lowest BCUT2D eigenvalue weighted by molar-refractivity contribution is -0.274. The topological polar surface area (TPSA) is 57.0 Å². The number of nitrogens with zero attached hydrogens (tertiary/aromatic N) is 3. The van der Waals surface area contributed by atoms with Gasteiger partial charge < -0.3 is 4.74 Å². The number of carbonyl (C=O) groups is 1. The molecule has 202 valence electrons. The molecular weight excluding hydrogens is 523 g/mol. The number of halogens is 3. The Kier molecular flexibility index (Phi) is 9.24. The van der Waals surface area contributed by atoms with Gasteiger partial charge in [0.2, 0.25) is 0 Å². The van der Waals surface area contributed by atoms with Gasteiger partial charge >= 0.3 is 6.36 Å². The molecule has 0 bridgehead atoms. The highest BCUT2D eigenvalue weighted by atomic mass is 32.1. The van der Waals surface area contributed by atoms with Gasteiger partial charge in [0.05, 0.1) is 5.69 Å². The molecule has 0 unspecified atom stereocenters. The SMILES string of the molecule is CCc1ccccc1CC(=S)CC(=O)CCCc1cccc(-c2ncn(-c3ccc(OC(F)(F)F)cc3)n2)c1. The number of ether oxygens (including phenoxy) is 1. The first-order valence-corrected chi connectivity index (χ1v) is 13.1. The number of rotatable bonds is 12. The maximum Gasteiger partial charge on any atom is 0.573 e. The molecular formula is C30H28F3N3O2S. The molecule has 4 aromatic rings. The molecule has 0 aliphatic rings. The van der Waals surface area contributed by atoms with Gasteiger partial charge in [-0.15, -0.1) is 18.3 Å². The predicted octanol–water partition coefficient (Wildman–Crippen LogP) is 7.29. The third-order valence-electron chi connectivity index (χ3n) is 6.21. The van der Waals surface area contributed by atoms with E-state index in [-0.39, 0.29) is 11.5 Å². The van der Waals surface area contributed by atoms with E-state index in [1.807, 2.05) is 36.4 Å². The van der Waals surface area contributed by atoms with Crippen molar-refractivity contribution in [2.24, 2.45) is 0 Å². The number of aryl methyl sites for hydroxylation is 2. The van der Waals surface area contributed by atoms with Crippen molar-refractivity contribution in [2.75, 3.05) is 0 Å². The highest BCUT2D eigenvalue weighted by Gasteiger charge is 2.31. The molecule has 0 aliphatic heterocycles. The van der Waals surface area contributed by atoms with E-state index in [1.165, 1.54) is 46.4 Å². The van der Waals surface area contributed by atoms with Gasteiger partial charge in [-0.05, 0) is 66.3 Å². The minimum Gasteiger partial charge on any atom is -0.406 e. The number of hydrogen-bond donors (Lipinski definition) is 0. The van der Waals surface area contributed by atoms with E-state index in [0.717, 1.165) is 28.8 Å². The van der Waals surface area contributed by atoms with Crippen LogP contribution in [0.2, 0.25) is 0 Å². The first-order valence-electron chi connectivity index (χ1n) is 12.7. The number of hydrogen-bond acceptors (Lipinski definition) is 5. The quantitative estimate of drug-likeness (QED) is 0.173. The molecule has 5 nitrogen and oxygen atoms in total. The lowest BCUT2D eigenvalue weighted by atomic mass is 9.98. The fourth-order valence-corrected chi connectivity index (χ4v) is 4.65. The smallest absolute Gasteiger partial charge is 0.406 e. The van der Waals surface area contributed by atoms with Gasteiger partial charge in [0, 0.05) is 29.7 Å². The number of thiocarbonyl (C=S) groups is 1. The molecule has 1 aromatic heterocycles. The molecule has 0 N–H and O–H groups in total. The second-order valence-electron chi connectivity index (χ2n) is 9.16. The molecule has 0 aliphatic carbocycles. The summed E-state index contributed by atoms with van der Waals surface area (Å²) in [5.74, 6) is 0.333. The largest absolute Gasteiger partial charge is 0.573 e. The molecule has 0 radical (unpaired) electrons. The van der Waals surface area contributed by atoms with Crippen molar-refractivity contribution in [1.29, 1.82) is 0 Å². The second kappa shape index (κ2) is 12.8. The summed E-state index contributed by atoms with van der Waals surface area (Å²) >= 11 is 5.51. The van der Waals surface area contributed by atoms with Gasteiger partial charge in [-0.3, -0.25) is 4.79 Å². The molecule has 0 spiro atoms. The minimum absolute atomic E-state index is 0.150. The van der Waals surface area contributed by atoms with Crippen LogP contribution < -0.4 is 4.74 Å². The third kappa shape index (κ3) is 8.32. The van der Waals surface area contributed by atoms with E-state index in [2.05, 4.69) is 33.9 Å². The van der Waals surface area contributed by atoms with Gasteiger partial charge in [-0.2, -0.15) is 0 Å². The average Bonchev–Trinajstić information content (AvgIpc) is 3.39. The summed E-state index contributed by atoms with van der Waals surface area (Å²) in [6, 6.07) is 21.4. The van der Waals surface area contributed by atoms with E-state index in [4.69, 9.17) is 12.2 Å². The highest BCUT2D eigenvalue weighted by Crippen LogP contribution is 2.24. The number of ketones is 1. The lowest BCUT2D eigenvalue weighted by Gasteiger charge is -2.09. The predicted molar refractivity (Wildman–Crippen MR) is 148 cm³/mol. The standard InChI is InChI=1S/C30H28F3N3O2S/c1-2-22-9-3-4-10-23(22)18-28(39)19-26(37)12-6-8-21-7-5-11-24(17-21)29-34-20-36(35-29)25-13-15-27(16-14-25)38-30(31,32)33/h3-5,7,9-11,13-17,20H,2,6,8,12,18-19H2,1H3. The van der Waals surface area contributed by atoms with Gasteiger partial charge in [0.25, 0.3) is 0 Å². The van der Waals surface area contributed by atoms with Crippen LogP contribution in [-0.4, -0.2) is 31.8 Å². The highest BCUT2D eigenvalue weighted by molar-refractivity contribution is 7.80. The molecule has 9 heteroatoms. The minimum atomic E-state index is -4.74. The van der Waals surface area contributed by atoms with E-state index in [9.17, 15) is 18.0 Å². The van der Waals surface area contributed by atoms with Gasteiger partial charge in [0.15, 0.2) is 5.82 Å². The van der Waals surface area contributed by atoms with Crippen molar-refractivity contribution in [3.63, 3.8) is 0 Å². The van der Waals surface area contributed by atoms with Crippen LogP contribution in [0.1, 0.15) is 42.9 Å². The van der Waals surface area contributed by atoms with E-state index >= 15 is 0 Å². The van der Waals surface area contributed by atoms with E-state index in [0.29, 0.717) is 37.2 Å². The van der Waals surface area contributed by atoms with Crippen LogP contribution >= 0.6 is 12.2 Å². The van der Waals surface area contributed by atoms with Crippen molar-refractivity contribution in [3.05, 3.63) is 95.8 Å². The monoisotopic (exact) mass is 551 g/mol. The maximum absolute atomic E-state index is 12.5. The Balaban J connectivity index is 1.29. The number of benzene rings is 3. The van der Waals surface area contributed by atoms with Crippen LogP contribution in [0.4, 0.5) is 13.2 Å². The normalized spacial score (nSPS) is 11.4. The average molecular weight is 552 g/mol. The third-order valence-corrected chi connectivity index (χ3v) is 6.50. The molecule has 0 fully saturated rings. The summed E-state index contributed by atoms with van der Waals surface area (Å²) in [5.41, 5.74) is 4.88. The molecule has 4 rings (SSSR count). The molecule has 1 heterocycles. The maximum atomic E-state index is 12.5. The van der Waals surface area contributed by atoms with Gasteiger partial charge in [0.1, 0.15) is 17.9 Å². The molecule has 39 heavy (non-hydrogen) atoms. The van der Waals surface area contributed by atoms with Crippen molar-refractivity contribution in [2.45, 2.75) is 51.8 Å². The number of carbonyl (C=O) groups excluding carboxylic acids is 1. The van der Waals surface area contributed by atoms with Crippen LogP contribution in [-0.2, 0) is 24.1 Å². The Morgan fingerprint density at radius 3 is 2.46 bits per heavy atom. The van der Waals surface area contributed by atoms with E-state index in [1.54, 1.807) is 0 Å². The summed E-state index contributed by atoms with van der Waals surface area (Å²) in [6.07, 6.45) is 0.569. The van der Waals surface area contributed by atoms with Gasteiger partial charge in [-0.1, -0.05) is 61.6 Å². The Morgan fingerprint density at radius 2 is 1.74 bits per heavy atom. The fourth-order valence-electron chi connectivity index (χ4n) is 4.33. The molecule has 0 saturated carbocycles. The summed E-state index contributed by atoms with van der Waals surface area (Å²) in [5, 5.41) is 4.46. The Hall–Kier alpha value is -3.85. The fraction of sp³-hybridized carbons (Fsp3) is 0.267. The van der Waals surface area contributed by atoms with Gasteiger partial charge in [-0.25, -0.2) is 9.67 Å². The van der Waals surface area contributed by atoms with E-state index < -0.39 is 6.36 Å². The number of alkyl halides is 3. The zero-order valence-electron chi connectivity index (χ0n) is 21.4. The zero-order chi connectivity index (χ0) is 27.8. The zero-order valence-corrected chi connectivity index (χ0v) is 22.3.